The van der Waals surface area contributed by atoms with Crippen molar-refractivity contribution in [2.45, 2.75) is 26.2 Å². The van der Waals surface area contributed by atoms with Crippen molar-refractivity contribution in [3.63, 3.8) is 0 Å². The molecule has 0 radical (unpaired) electrons. The minimum Gasteiger partial charge on any atom is -0.507 e. The number of phenols is 1. The zero-order chi connectivity index (χ0) is 19.3. The van der Waals surface area contributed by atoms with Crippen molar-refractivity contribution >= 4 is 44.0 Å². The van der Waals surface area contributed by atoms with Crippen LogP contribution in [-0.4, -0.2) is 23.8 Å². The topological polar surface area (TPSA) is 70.9 Å². The maximum Gasteiger partial charge on any atom is 0.277 e. The largest absolute Gasteiger partial charge is 0.507 e. The highest BCUT2D eigenvalue weighted by molar-refractivity contribution is 9.11. The molecule has 0 aliphatic rings. The van der Waals surface area contributed by atoms with E-state index in [2.05, 4.69) is 63.2 Å². The number of hydrazone groups is 1. The second-order valence-corrected chi connectivity index (χ2v) is 8.39. The van der Waals surface area contributed by atoms with Gasteiger partial charge in [0.05, 0.1) is 10.7 Å². The summed E-state index contributed by atoms with van der Waals surface area (Å²) in [6, 6.07) is 10.9. The number of phenolic OH excluding ortho intramolecular Hbond substituents is 1. The lowest BCUT2D eigenvalue weighted by molar-refractivity contribution is -0.123. The number of halogens is 2. The maximum absolute atomic E-state index is 11.8. The van der Waals surface area contributed by atoms with Crippen molar-refractivity contribution in [1.82, 2.24) is 5.43 Å². The van der Waals surface area contributed by atoms with E-state index in [1.165, 1.54) is 17.8 Å². The van der Waals surface area contributed by atoms with Crippen LogP contribution in [-0.2, 0) is 10.2 Å². The van der Waals surface area contributed by atoms with Gasteiger partial charge in [-0.25, -0.2) is 5.43 Å². The molecule has 2 aromatic carbocycles. The van der Waals surface area contributed by atoms with Gasteiger partial charge in [-0.2, -0.15) is 5.10 Å². The predicted octanol–water partition coefficient (Wildman–Crippen LogP) is 4.74. The average molecular weight is 484 g/mol. The highest BCUT2D eigenvalue weighted by Crippen LogP contribution is 2.29. The van der Waals surface area contributed by atoms with Crippen LogP contribution in [0.25, 0.3) is 0 Å². The van der Waals surface area contributed by atoms with Crippen LogP contribution in [0.1, 0.15) is 31.9 Å². The number of nitrogens with zero attached hydrogens (tertiary/aromatic N) is 1. The van der Waals surface area contributed by atoms with Gasteiger partial charge < -0.3 is 9.84 Å². The molecule has 0 fully saturated rings. The number of carbonyl (C=O) groups is 1. The Morgan fingerprint density at radius 2 is 1.85 bits per heavy atom. The maximum atomic E-state index is 11.8. The van der Waals surface area contributed by atoms with E-state index in [4.69, 9.17) is 4.74 Å². The van der Waals surface area contributed by atoms with Gasteiger partial charge in [0.15, 0.2) is 6.61 Å². The molecule has 0 atom stereocenters. The molecule has 0 aliphatic heterocycles. The molecule has 2 rings (SSSR count). The summed E-state index contributed by atoms with van der Waals surface area (Å²) < 4.78 is 6.75. The summed E-state index contributed by atoms with van der Waals surface area (Å²) in [7, 11) is 0. The average Bonchev–Trinajstić information content (AvgIpc) is 2.57. The molecule has 7 heteroatoms. The zero-order valence-electron chi connectivity index (χ0n) is 14.7. The van der Waals surface area contributed by atoms with Crippen LogP contribution in [0, 0.1) is 0 Å². The summed E-state index contributed by atoms with van der Waals surface area (Å²) in [6.07, 6.45) is 1.44. The number of nitrogens with one attached hydrogen (secondary N) is 1. The van der Waals surface area contributed by atoms with Gasteiger partial charge >= 0.3 is 0 Å². The number of benzene rings is 2. The van der Waals surface area contributed by atoms with Gasteiger partial charge in [-0.05, 0) is 51.2 Å². The summed E-state index contributed by atoms with van der Waals surface area (Å²) in [5.74, 6) is 0.333. The van der Waals surface area contributed by atoms with E-state index in [1.807, 2.05) is 24.3 Å². The summed E-state index contributed by atoms with van der Waals surface area (Å²) in [4.78, 5) is 11.8. The molecule has 2 N–H and O–H groups in total. The smallest absolute Gasteiger partial charge is 0.277 e. The Labute approximate surface area is 169 Å². The second-order valence-electron chi connectivity index (χ2n) is 6.68. The van der Waals surface area contributed by atoms with Crippen molar-refractivity contribution < 1.29 is 14.6 Å². The van der Waals surface area contributed by atoms with E-state index in [1.54, 1.807) is 6.07 Å². The summed E-state index contributed by atoms with van der Waals surface area (Å²) >= 11 is 6.58. The Balaban J connectivity index is 1.87. The number of carbonyl (C=O) groups excluding carboxylic acids is 1. The quantitative estimate of drug-likeness (QED) is 0.476. The summed E-state index contributed by atoms with van der Waals surface area (Å²) in [5.41, 5.74) is 4.29. The van der Waals surface area contributed by atoms with Gasteiger partial charge in [-0.3, -0.25) is 4.79 Å². The molecular formula is C19H20Br2N2O3. The monoisotopic (exact) mass is 482 g/mol. The highest BCUT2D eigenvalue weighted by Gasteiger charge is 2.13. The van der Waals surface area contributed by atoms with Gasteiger partial charge in [-0.15, -0.1) is 0 Å². The van der Waals surface area contributed by atoms with Crippen LogP contribution in [0.15, 0.2) is 50.4 Å². The molecule has 26 heavy (non-hydrogen) atoms. The fraction of sp³-hybridized carbons (Fsp3) is 0.263. The van der Waals surface area contributed by atoms with E-state index in [0.29, 0.717) is 15.8 Å². The molecule has 5 nitrogen and oxygen atoms in total. The fourth-order valence-corrected chi connectivity index (χ4v) is 3.16. The van der Waals surface area contributed by atoms with Gasteiger partial charge in [0.25, 0.3) is 5.91 Å². The molecule has 0 aromatic heterocycles. The van der Waals surface area contributed by atoms with Crippen molar-refractivity contribution in [1.29, 1.82) is 0 Å². The number of hydrogen-bond acceptors (Lipinski definition) is 4. The zero-order valence-corrected chi connectivity index (χ0v) is 17.9. The number of hydrogen-bond donors (Lipinski definition) is 2. The third kappa shape index (κ3) is 5.85. The Kier molecular flexibility index (Phi) is 6.83. The number of amides is 1. The van der Waals surface area contributed by atoms with Crippen molar-refractivity contribution in [3.05, 3.63) is 56.5 Å². The molecule has 1 amide bonds. The Morgan fingerprint density at radius 1 is 1.19 bits per heavy atom. The summed E-state index contributed by atoms with van der Waals surface area (Å²) in [6.45, 7) is 6.27. The van der Waals surface area contributed by atoms with Gasteiger partial charge in [0, 0.05) is 10.0 Å². The minimum absolute atomic E-state index is 0.0698. The minimum atomic E-state index is -0.376. The molecule has 0 aliphatic carbocycles. The molecule has 138 valence electrons. The molecule has 0 spiro atoms. The van der Waals surface area contributed by atoms with Gasteiger partial charge in [0.2, 0.25) is 0 Å². The number of ether oxygens (including phenoxy) is 1. The SMILES string of the molecule is CC(C)(C)c1ccc(OCC(=O)N/N=C\c2cc(O)c(Br)cc2Br)cc1. The van der Waals surface area contributed by atoms with E-state index >= 15 is 0 Å². The standard InChI is InChI=1S/C19H20Br2N2O3/c1-19(2,3)13-4-6-14(7-5-13)26-11-18(25)23-22-10-12-8-17(24)16(21)9-15(12)20/h4-10,24H,11H2,1-3H3,(H,23,25)/b22-10-. The first-order valence-corrected chi connectivity index (χ1v) is 9.48. The first-order chi connectivity index (χ1) is 12.2. The molecule has 2 aromatic rings. The molecule has 0 bridgehead atoms. The highest BCUT2D eigenvalue weighted by atomic mass is 79.9. The van der Waals surface area contributed by atoms with E-state index in [0.717, 1.165) is 4.47 Å². The van der Waals surface area contributed by atoms with E-state index in [9.17, 15) is 9.90 Å². The van der Waals surface area contributed by atoms with Crippen LogP contribution in [0.4, 0.5) is 0 Å². The van der Waals surface area contributed by atoms with Gasteiger partial charge in [-0.1, -0.05) is 48.8 Å². The summed E-state index contributed by atoms with van der Waals surface area (Å²) in [5, 5.41) is 13.5. The molecule has 0 saturated carbocycles. The molecule has 0 heterocycles. The van der Waals surface area contributed by atoms with Crippen LogP contribution in [0.2, 0.25) is 0 Å². The predicted molar refractivity (Wildman–Crippen MR) is 110 cm³/mol. The lowest BCUT2D eigenvalue weighted by atomic mass is 9.87. The van der Waals surface area contributed by atoms with Crippen LogP contribution in [0.5, 0.6) is 11.5 Å². The van der Waals surface area contributed by atoms with Gasteiger partial charge in [0.1, 0.15) is 11.5 Å². The molecule has 0 unspecified atom stereocenters. The lowest BCUT2D eigenvalue weighted by Gasteiger charge is -2.19. The third-order valence-electron chi connectivity index (χ3n) is 3.55. The van der Waals surface area contributed by atoms with E-state index < -0.39 is 0 Å². The lowest BCUT2D eigenvalue weighted by Crippen LogP contribution is -2.24. The van der Waals surface area contributed by atoms with Crippen LogP contribution in [0.3, 0.4) is 0 Å². The van der Waals surface area contributed by atoms with E-state index in [-0.39, 0.29) is 23.7 Å². The van der Waals surface area contributed by atoms with Crippen molar-refractivity contribution in [2.75, 3.05) is 6.61 Å². The Hall–Kier alpha value is -1.86. The Morgan fingerprint density at radius 3 is 2.46 bits per heavy atom. The second kappa shape index (κ2) is 8.68. The van der Waals surface area contributed by atoms with Crippen molar-refractivity contribution in [2.24, 2.45) is 5.10 Å². The van der Waals surface area contributed by atoms with Crippen LogP contribution >= 0.6 is 31.9 Å². The fourth-order valence-electron chi connectivity index (χ4n) is 2.06. The van der Waals surface area contributed by atoms with Crippen molar-refractivity contribution in [3.8, 4) is 11.5 Å². The molecular weight excluding hydrogens is 464 g/mol. The number of aromatic hydroxyl groups is 1. The first-order valence-electron chi connectivity index (χ1n) is 7.90. The normalized spacial score (nSPS) is 11.6. The molecule has 0 saturated heterocycles. The third-order valence-corrected chi connectivity index (χ3v) is 4.87. The first kappa shape index (κ1) is 20.5. The Bertz CT molecular complexity index is 813. The van der Waals surface area contributed by atoms with Crippen LogP contribution < -0.4 is 10.2 Å². The number of rotatable bonds is 5.